The highest BCUT2D eigenvalue weighted by atomic mass is 32.1. The molecule has 3 aromatic rings. The maximum atomic E-state index is 13.5. The lowest BCUT2D eigenvalue weighted by Gasteiger charge is -2.07. The molecule has 1 heterocycles. The van der Waals surface area contributed by atoms with Crippen molar-refractivity contribution >= 4 is 28.8 Å². The first-order chi connectivity index (χ1) is 14.2. The van der Waals surface area contributed by atoms with Gasteiger partial charge >= 0.3 is 18.0 Å². The van der Waals surface area contributed by atoms with E-state index in [9.17, 15) is 27.2 Å². The third-order valence-electron chi connectivity index (χ3n) is 4.01. The van der Waals surface area contributed by atoms with Crippen LogP contribution in [-0.2, 0) is 22.2 Å². The molecule has 0 aliphatic carbocycles. The van der Waals surface area contributed by atoms with E-state index in [0.29, 0.717) is 22.7 Å². The normalized spacial score (nSPS) is 11.2. The van der Waals surface area contributed by atoms with Gasteiger partial charge in [0, 0.05) is 23.9 Å². The van der Waals surface area contributed by atoms with Crippen molar-refractivity contribution in [2.75, 3.05) is 11.9 Å². The molecule has 30 heavy (non-hydrogen) atoms. The van der Waals surface area contributed by atoms with E-state index >= 15 is 0 Å². The second kappa shape index (κ2) is 9.04. The number of aromatic nitrogens is 1. The Morgan fingerprint density at radius 1 is 1.00 bits per heavy atom. The predicted molar refractivity (Wildman–Crippen MR) is 104 cm³/mol. The van der Waals surface area contributed by atoms with Crippen molar-refractivity contribution in [1.29, 1.82) is 0 Å². The molecule has 0 radical (unpaired) electrons. The Kier molecular flexibility index (Phi) is 6.46. The fourth-order valence-corrected chi connectivity index (χ4v) is 3.34. The minimum Gasteiger partial charge on any atom is -0.347 e. The molecule has 1 aromatic heterocycles. The summed E-state index contributed by atoms with van der Waals surface area (Å²) in [4.78, 5) is 28.0. The minimum absolute atomic E-state index is 0.0988. The average Bonchev–Trinajstić information content (AvgIpc) is 3.18. The third-order valence-corrected chi connectivity index (χ3v) is 4.95. The summed E-state index contributed by atoms with van der Waals surface area (Å²) in [7, 11) is 0. The molecule has 2 amide bonds. The summed E-state index contributed by atoms with van der Waals surface area (Å²) >= 11 is 1.26. The van der Waals surface area contributed by atoms with Crippen LogP contribution in [-0.4, -0.2) is 23.3 Å². The topological polar surface area (TPSA) is 71.1 Å². The quantitative estimate of drug-likeness (QED) is 0.463. The van der Waals surface area contributed by atoms with E-state index in [2.05, 4.69) is 15.6 Å². The molecule has 0 aliphatic heterocycles. The second-order valence-corrected chi connectivity index (χ2v) is 7.02. The molecule has 2 aromatic carbocycles. The number of nitrogens with zero attached hydrogens (tertiary/aromatic N) is 1. The molecular formula is C20H15F4N3O2S. The number of alkyl halides is 3. The Bertz CT molecular complexity index is 1050. The summed E-state index contributed by atoms with van der Waals surface area (Å²) in [6, 6.07) is 10.1. The molecule has 3 rings (SSSR count). The van der Waals surface area contributed by atoms with Crippen LogP contribution in [0.1, 0.15) is 11.3 Å². The van der Waals surface area contributed by atoms with Crippen molar-refractivity contribution in [3.63, 3.8) is 0 Å². The highest BCUT2D eigenvalue weighted by Crippen LogP contribution is 2.31. The molecule has 0 spiro atoms. The van der Waals surface area contributed by atoms with Crippen molar-refractivity contribution in [2.24, 2.45) is 0 Å². The van der Waals surface area contributed by atoms with Crippen molar-refractivity contribution in [1.82, 2.24) is 10.3 Å². The molecule has 156 valence electrons. The highest BCUT2D eigenvalue weighted by molar-refractivity contribution is 7.13. The number of nitrogens with one attached hydrogen (secondary N) is 2. The Labute approximate surface area is 172 Å². The standard InChI is InChI=1S/C20H15F4N3O2S/c21-15-3-1-2-4-16(15)27-18(29)17(28)25-10-9-14-11-30-19(26-14)12-5-7-13(8-6-12)20(22,23)24/h1-8,11H,9-10H2,(H,25,28)(H,27,29). The molecule has 5 nitrogen and oxygen atoms in total. The van der Waals surface area contributed by atoms with Gasteiger partial charge in [0.25, 0.3) is 0 Å². The van der Waals surface area contributed by atoms with Crippen molar-refractivity contribution < 1.29 is 27.2 Å². The molecule has 2 N–H and O–H groups in total. The predicted octanol–water partition coefficient (Wildman–Crippen LogP) is 4.27. The van der Waals surface area contributed by atoms with E-state index in [1.54, 1.807) is 5.38 Å². The molecule has 0 aliphatic rings. The third kappa shape index (κ3) is 5.41. The summed E-state index contributed by atoms with van der Waals surface area (Å²) in [6.45, 7) is 0.111. The van der Waals surface area contributed by atoms with Gasteiger partial charge in [-0.25, -0.2) is 9.37 Å². The fraction of sp³-hybridized carbons (Fsp3) is 0.150. The molecule has 0 atom stereocenters. The number of hydrogen-bond acceptors (Lipinski definition) is 4. The van der Waals surface area contributed by atoms with Gasteiger partial charge in [-0.3, -0.25) is 9.59 Å². The number of hydrogen-bond donors (Lipinski definition) is 2. The number of rotatable bonds is 5. The van der Waals surface area contributed by atoms with Gasteiger partial charge in [0.15, 0.2) is 0 Å². The Morgan fingerprint density at radius 3 is 2.37 bits per heavy atom. The van der Waals surface area contributed by atoms with E-state index < -0.39 is 29.4 Å². The number of amides is 2. The van der Waals surface area contributed by atoms with E-state index in [0.717, 1.165) is 18.2 Å². The number of halogens is 4. The fourth-order valence-electron chi connectivity index (χ4n) is 2.48. The molecule has 0 saturated carbocycles. The molecular weight excluding hydrogens is 422 g/mol. The van der Waals surface area contributed by atoms with Crippen molar-refractivity contribution in [3.05, 3.63) is 71.0 Å². The van der Waals surface area contributed by atoms with Gasteiger partial charge in [0.2, 0.25) is 0 Å². The Hall–Kier alpha value is -3.27. The van der Waals surface area contributed by atoms with E-state index in [-0.39, 0.29) is 12.2 Å². The van der Waals surface area contributed by atoms with Crippen LogP contribution >= 0.6 is 11.3 Å². The first-order valence-electron chi connectivity index (χ1n) is 8.70. The van der Waals surface area contributed by atoms with Gasteiger partial charge in [-0.15, -0.1) is 11.3 Å². The van der Waals surface area contributed by atoms with Gasteiger partial charge < -0.3 is 10.6 Å². The van der Waals surface area contributed by atoms with Gasteiger partial charge in [0.1, 0.15) is 10.8 Å². The monoisotopic (exact) mass is 437 g/mol. The number of carbonyl (C=O) groups is 2. The van der Waals surface area contributed by atoms with Crippen LogP contribution in [0, 0.1) is 5.82 Å². The van der Waals surface area contributed by atoms with Crippen LogP contribution in [0.15, 0.2) is 53.9 Å². The SMILES string of the molecule is O=C(NCCc1csc(-c2ccc(C(F)(F)F)cc2)n1)C(=O)Nc1ccccc1F. The van der Waals surface area contributed by atoms with Crippen LogP contribution < -0.4 is 10.6 Å². The summed E-state index contributed by atoms with van der Waals surface area (Å²) in [5, 5.41) is 6.85. The van der Waals surface area contributed by atoms with E-state index in [1.807, 2.05) is 0 Å². The first-order valence-corrected chi connectivity index (χ1v) is 9.58. The molecule has 0 unspecified atom stereocenters. The average molecular weight is 437 g/mol. The lowest BCUT2D eigenvalue weighted by atomic mass is 10.1. The number of benzene rings is 2. The molecule has 0 saturated heterocycles. The number of anilines is 1. The van der Waals surface area contributed by atoms with Gasteiger partial charge in [-0.05, 0) is 24.3 Å². The lowest BCUT2D eigenvalue weighted by Crippen LogP contribution is -2.36. The molecule has 0 bridgehead atoms. The van der Waals surface area contributed by atoms with E-state index in [4.69, 9.17) is 0 Å². The smallest absolute Gasteiger partial charge is 0.347 e. The summed E-state index contributed by atoms with van der Waals surface area (Å²) in [5.74, 6) is -2.57. The van der Waals surface area contributed by atoms with Crippen molar-refractivity contribution in [2.45, 2.75) is 12.6 Å². The maximum absolute atomic E-state index is 13.5. The lowest BCUT2D eigenvalue weighted by molar-refractivity contribution is -0.137. The Morgan fingerprint density at radius 2 is 1.70 bits per heavy atom. The van der Waals surface area contributed by atoms with Crippen molar-refractivity contribution in [3.8, 4) is 10.6 Å². The van der Waals surface area contributed by atoms with E-state index in [1.165, 1.54) is 41.7 Å². The van der Waals surface area contributed by atoms with Gasteiger partial charge in [-0.1, -0.05) is 24.3 Å². The van der Waals surface area contributed by atoms with Gasteiger partial charge in [-0.2, -0.15) is 13.2 Å². The zero-order valence-electron chi connectivity index (χ0n) is 15.3. The number of para-hydroxylation sites is 1. The second-order valence-electron chi connectivity index (χ2n) is 6.16. The minimum atomic E-state index is -4.40. The van der Waals surface area contributed by atoms with Crippen LogP contribution in [0.4, 0.5) is 23.2 Å². The Balaban J connectivity index is 1.51. The van der Waals surface area contributed by atoms with Gasteiger partial charge in [0.05, 0.1) is 16.9 Å². The highest BCUT2D eigenvalue weighted by Gasteiger charge is 2.30. The molecule has 0 fully saturated rings. The zero-order chi connectivity index (χ0) is 21.7. The van der Waals surface area contributed by atoms with Crippen LogP contribution in [0.3, 0.4) is 0 Å². The van der Waals surface area contributed by atoms with Crippen LogP contribution in [0.5, 0.6) is 0 Å². The summed E-state index contributed by atoms with van der Waals surface area (Å²) in [6.07, 6.45) is -4.08. The largest absolute Gasteiger partial charge is 0.416 e. The summed E-state index contributed by atoms with van der Waals surface area (Å²) < 4.78 is 51.4. The summed E-state index contributed by atoms with van der Waals surface area (Å²) in [5.41, 5.74) is 0.329. The molecule has 10 heteroatoms. The first kappa shape index (κ1) is 21.4. The van der Waals surface area contributed by atoms with Crippen LogP contribution in [0.2, 0.25) is 0 Å². The van der Waals surface area contributed by atoms with Crippen LogP contribution in [0.25, 0.3) is 10.6 Å². The zero-order valence-corrected chi connectivity index (χ0v) is 16.1. The number of carbonyl (C=O) groups excluding carboxylic acids is 2. The number of thiazole rings is 1. The maximum Gasteiger partial charge on any atom is 0.416 e.